The molecule has 2 aromatic rings. The van der Waals surface area contributed by atoms with Crippen LogP contribution in [0.15, 0.2) is 41.4 Å². The zero-order valence-electron chi connectivity index (χ0n) is 18.3. The van der Waals surface area contributed by atoms with Crippen molar-refractivity contribution in [1.29, 1.82) is 0 Å². The van der Waals surface area contributed by atoms with E-state index in [-0.39, 0.29) is 5.17 Å². The highest BCUT2D eigenvalue weighted by atomic mass is 32.1. The van der Waals surface area contributed by atoms with Crippen LogP contribution in [0.25, 0.3) is 0 Å². The lowest BCUT2D eigenvalue weighted by molar-refractivity contribution is 0.292. The van der Waals surface area contributed by atoms with Gasteiger partial charge in [0.25, 0.3) is 5.17 Å². The van der Waals surface area contributed by atoms with Gasteiger partial charge in [0.15, 0.2) is 0 Å². The molecule has 0 atom stereocenters. The monoisotopic (exact) mass is 411 g/mol. The lowest BCUT2D eigenvalue weighted by Gasteiger charge is -2.20. The number of amidine groups is 1. The van der Waals surface area contributed by atoms with Gasteiger partial charge in [-0.15, -0.1) is 0 Å². The van der Waals surface area contributed by atoms with Crippen LogP contribution in [0.2, 0.25) is 0 Å². The zero-order valence-corrected chi connectivity index (χ0v) is 19.1. The first-order valence-corrected chi connectivity index (χ1v) is 10.7. The summed E-state index contributed by atoms with van der Waals surface area (Å²) in [5.74, 6) is 1.09. The summed E-state index contributed by atoms with van der Waals surface area (Å²) < 4.78 is 5.84. The Hall–Kier alpha value is -2.24. The highest BCUT2D eigenvalue weighted by molar-refractivity contribution is 7.80. The fourth-order valence-corrected chi connectivity index (χ4v) is 3.44. The summed E-state index contributed by atoms with van der Waals surface area (Å²) in [7, 11) is 0. The smallest absolute Gasteiger partial charge is 0.290 e. The largest absolute Gasteiger partial charge is 0.430 e. The number of ether oxygens (including phenoxy) is 1. The first-order chi connectivity index (χ1) is 13.8. The van der Waals surface area contributed by atoms with E-state index in [9.17, 15) is 0 Å². The van der Waals surface area contributed by atoms with Crippen LogP contribution in [0.5, 0.6) is 5.75 Å². The Morgan fingerprint density at radius 2 is 1.72 bits per heavy atom. The Balaban J connectivity index is 2.07. The lowest BCUT2D eigenvalue weighted by Crippen LogP contribution is -2.26. The predicted octanol–water partition coefficient (Wildman–Crippen LogP) is 4.96. The third-order valence-corrected chi connectivity index (χ3v) is 5.25. The van der Waals surface area contributed by atoms with Crippen LogP contribution in [-0.4, -0.2) is 35.5 Å². The molecule has 29 heavy (non-hydrogen) atoms. The zero-order chi connectivity index (χ0) is 21.4. The van der Waals surface area contributed by atoms with Crippen LogP contribution in [-0.2, 0) is 6.42 Å². The third-order valence-electron chi connectivity index (χ3n) is 5.07. The lowest BCUT2D eigenvalue weighted by atomic mass is 10.0. The van der Waals surface area contributed by atoms with Crippen LogP contribution in [0.3, 0.4) is 0 Å². The minimum Gasteiger partial charge on any atom is -0.430 e. The maximum atomic E-state index is 6.08. The van der Waals surface area contributed by atoms with E-state index >= 15 is 0 Å². The Labute approximate surface area is 180 Å². The minimum atomic E-state index is 0.124. The quantitative estimate of drug-likeness (QED) is 0.379. The standard InChI is InChI=1S/C24H33N3OS/c1-6-13-27(7-2)14-12-21-15-19(5)22(16-18(21)4)28-24(29)26-23(25)20-10-8-17(3)9-11-20/h8-11,15-16H,6-7,12-14H2,1-5H3,(H2,25,26,29). The molecule has 0 radical (unpaired) electrons. The van der Waals surface area contributed by atoms with E-state index in [1.165, 1.54) is 23.1 Å². The second-order valence-electron chi connectivity index (χ2n) is 7.46. The second kappa shape index (κ2) is 11.1. The van der Waals surface area contributed by atoms with Crippen molar-refractivity contribution in [3.63, 3.8) is 0 Å². The van der Waals surface area contributed by atoms with Crippen molar-refractivity contribution in [3.8, 4) is 5.75 Å². The molecule has 0 aliphatic rings. The minimum absolute atomic E-state index is 0.124. The van der Waals surface area contributed by atoms with Crippen molar-refractivity contribution in [2.24, 2.45) is 10.7 Å². The summed E-state index contributed by atoms with van der Waals surface area (Å²) in [6.07, 6.45) is 2.21. The molecule has 4 nitrogen and oxygen atoms in total. The van der Waals surface area contributed by atoms with Crippen LogP contribution >= 0.6 is 12.2 Å². The number of hydrogen-bond acceptors (Lipinski definition) is 3. The van der Waals surface area contributed by atoms with Crippen molar-refractivity contribution >= 4 is 23.2 Å². The number of benzene rings is 2. The first-order valence-electron chi connectivity index (χ1n) is 10.3. The van der Waals surface area contributed by atoms with Gasteiger partial charge in [0.2, 0.25) is 0 Å². The van der Waals surface area contributed by atoms with Gasteiger partial charge < -0.3 is 15.4 Å². The fourth-order valence-electron chi connectivity index (χ4n) is 3.26. The van der Waals surface area contributed by atoms with Crippen molar-refractivity contribution in [2.75, 3.05) is 19.6 Å². The number of aryl methyl sites for hydroxylation is 3. The number of nitrogens with two attached hydrogens (primary N) is 1. The molecule has 2 rings (SSSR count). The Bertz CT molecular complexity index is 859. The van der Waals surface area contributed by atoms with Gasteiger partial charge in [0, 0.05) is 12.1 Å². The maximum absolute atomic E-state index is 6.08. The summed E-state index contributed by atoms with van der Waals surface area (Å²) in [6.45, 7) is 13.9. The summed E-state index contributed by atoms with van der Waals surface area (Å²) in [5.41, 5.74) is 11.7. The molecule has 0 aliphatic carbocycles. The van der Waals surface area contributed by atoms with E-state index < -0.39 is 0 Å². The topological polar surface area (TPSA) is 50.8 Å². The van der Waals surface area contributed by atoms with Gasteiger partial charge in [-0.1, -0.05) is 49.7 Å². The first kappa shape index (κ1) is 23.0. The number of rotatable bonds is 8. The normalized spacial score (nSPS) is 11.7. The molecule has 156 valence electrons. The average Bonchev–Trinajstić information content (AvgIpc) is 2.68. The molecular formula is C24H33N3OS. The van der Waals surface area contributed by atoms with Crippen LogP contribution in [0.4, 0.5) is 0 Å². The summed E-state index contributed by atoms with van der Waals surface area (Å²) >= 11 is 5.31. The van der Waals surface area contributed by atoms with Gasteiger partial charge in [-0.2, -0.15) is 4.99 Å². The van der Waals surface area contributed by atoms with Crippen molar-refractivity contribution in [1.82, 2.24) is 4.90 Å². The molecule has 0 saturated heterocycles. The molecule has 0 saturated carbocycles. The van der Waals surface area contributed by atoms with Gasteiger partial charge >= 0.3 is 0 Å². The Morgan fingerprint density at radius 3 is 2.34 bits per heavy atom. The van der Waals surface area contributed by atoms with Crippen molar-refractivity contribution in [3.05, 3.63) is 64.2 Å². The summed E-state index contributed by atoms with van der Waals surface area (Å²) in [6, 6.07) is 12.1. The van der Waals surface area contributed by atoms with Crippen molar-refractivity contribution < 1.29 is 4.74 Å². The molecule has 0 bridgehead atoms. The van der Waals surface area contributed by atoms with Crippen LogP contribution in [0, 0.1) is 20.8 Å². The highest BCUT2D eigenvalue weighted by Crippen LogP contribution is 2.24. The molecule has 0 spiro atoms. The molecule has 5 heteroatoms. The number of aliphatic imine (C=N–C) groups is 1. The summed E-state index contributed by atoms with van der Waals surface area (Å²) in [4.78, 5) is 6.74. The van der Waals surface area contributed by atoms with E-state index in [2.05, 4.69) is 36.7 Å². The number of nitrogens with zero attached hydrogens (tertiary/aromatic N) is 2. The molecule has 2 aromatic carbocycles. The maximum Gasteiger partial charge on any atom is 0.290 e. The van der Waals surface area contributed by atoms with Gasteiger partial charge in [0.05, 0.1) is 0 Å². The van der Waals surface area contributed by atoms with Crippen LogP contribution in [0.1, 0.15) is 48.1 Å². The number of likely N-dealkylation sites (N-methyl/N-ethyl adjacent to an activating group) is 1. The number of hydrogen-bond donors (Lipinski definition) is 1. The Morgan fingerprint density at radius 1 is 1.03 bits per heavy atom. The van der Waals surface area contributed by atoms with E-state index in [1.807, 2.05) is 44.2 Å². The molecule has 2 N–H and O–H groups in total. The molecule has 0 aromatic heterocycles. The summed E-state index contributed by atoms with van der Waals surface area (Å²) in [5, 5.41) is 0.124. The molecule has 0 aliphatic heterocycles. The SMILES string of the molecule is CCCN(CC)CCc1cc(C)c(OC(=S)N=C(N)c2ccc(C)cc2)cc1C. The van der Waals surface area contributed by atoms with Gasteiger partial charge in [-0.05, 0) is 81.7 Å². The van der Waals surface area contributed by atoms with E-state index in [4.69, 9.17) is 22.7 Å². The van der Waals surface area contributed by atoms with E-state index in [0.717, 1.165) is 42.9 Å². The molecule has 0 heterocycles. The van der Waals surface area contributed by atoms with E-state index in [0.29, 0.717) is 5.84 Å². The second-order valence-corrected chi connectivity index (χ2v) is 7.81. The molecular weight excluding hydrogens is 378 g/mol. The predicted molar refractivity (Wildman–Crippen MR) is 127 cm³/mol. The van der Waals surface area contributed by atoms with Gasteiger partial charge in [-0.25, -0.2) is 0 Å². The van der Waals surface area contributed by atoms with Crippen molar-refractivity contribution in [2.45, 2.75) is 47.5 Å². The van der Waals surface area contributed by atoms with Gasteiger partial charge in [0.1, 0.15) is 11.6 Å². The number of thiocarbonyl (C=S) groups is 1. The molecule has 0 unspecified atom stereocenters. The third kappa shape index (κ3) is 6.94. The van der Waals surface area contributed by atoms with Crippen LogP contribution < -0.4 is 10.5 Å². The van der Waals surface area contributed by atoms with Gasteiger partial charge in [-0.3, -0.25) is 0 Å². The fraction of sp³-hybridized carbons (Fsp3) is 0.417. The highest BCUT2D eigenvalue weighted by Gasteiger charge is 2.10. The molecule has 0 amide bonds. The average molecular weight is 412 g/mol. The molecule has 0 fully saturated rings. The Kier molecular flexibility index (Phi) is 8.80. The van der Waals surface area contributed by atoms with E-state index in [1.54, 1.807) is 0 Å².